The summed E-state index contributed by atoms with van der Waals surface area (Å²) in [6.45, 7) is 1.91. The van der Waals surface area contributed by atoms with Crippen LogP contribution in [0, 0.1) is 11.8 Å². The van der Waals surface area contributed by atoms with Crippen LogP contribution in [0.4, 0.5) is 17.6 Å². The van der Waals surface area contributed by atoms with E-state index in [0.717, 1.165) is 0 Å². The van der Waals surface area contributed by atoms with Gasteiger partial charge in [-0.1, -0.05) is 6.92 Å². The van der Waals surface area contributed by atoms with E-state index in [1.807, 2.05) is 0 Å². The van der Waals surface area contributed by atoms with Gasteiger partial charge in [0.05, 0.1) is 5.70 Å². The van der Waals surface area contributed by atoms with Crippen molar-refractivity contribution in [2.24, 2.45) is 11.8 Å². The highest BCUT2D eigenvalue weighted by molar-refractivity contribution is 5.54. The third-order valence-electron chi connectivity index (χ3n) is 4.02. The molecule has 94 valence electrons. The van der Waals surface area contributed by atoms with Gasteiger partial charge in [-0.2, -0.15) is 8.78 Å². The number of fused-ring (bicyclic) bond motifs is 2. The summed E-state index contributed by atoms with van der Waals surface area (Å²) < 4.78 is 53.7. The lowest BCUT2D eigenvalue weighted by Gasteiger charge is -2.27. The zero-order chi connectivity index (χ0) is 12.4. The molecule has 0 spiro atoms. The molecule has 0 saturated heterocycles. The normalized spacial score (nSPS) is 33.8. The second-order valence-corrected chi connectivity index (χ2v) is 4.89. The second kappa shape index (κ2) is 3.27. The van der Waals surface area contributed by atoms with Crippen molar-refractivity contribution < 1.29 is 17.6 Å². The number of alkyl halides is 4. The molecule has 17 heavy (non-hydrogen) atoms. The first-order valence-electron chi connectivity index (χ1n) is 5.85. The molecular formula is C12H13F4N. The fourth-order valence-corrected chi connectivity index (χ4v) is 3.08. The molecule has 1 aliphatic heterocycles. The van der Waals surface area contributed by atoms with E-state index in [2.05, 4.69) is 5.32 Å². The molecular weight excluding hydrogens is 234 g/mol. The van der Waals surface area contributed by atoms with Gasteiger partial charge in [-0.05, 0) is 29.9 Å². The van der Waals surface area contributed by atoms with E-state index in [1.54, 1.807) is 6.92 Å². The summed E-state index contributed by atoms with van der Waals surface area (Å²) in [6, 6.07) is 0. The highest BCUT2D eigenvalue weighted by Crippen LogP contribution is 2.64. The van der Waals surface area contributed by atoms with Crippen LogP contribution >= 0.6 is 0 Å². The molecule has 1 heterocycles. The van der Waals surface area contributed by atoms with E-state index in [9.17, 15) is 17.6 Å². The largest absolute Gasteiger partial charge is 0.379 e. The van der Waals surface area contributed by atoms with E-state index >= 15 is 0 Å². The van der Waals surface area contributed by atoms with Crippen molar-refractivity contribution in [3.8, 4) is 0 Å². The number of dihydropyridines is 1. The van der Waals surface area contributed by atoms with E-state index in [1.165, 1.54) is 0 Å². The van der Waals surface area contributed by atoms with Gasteiger partial charge in [-0.25, -0.2) is 8.78 Å². The Morgan fingerprint density at radius 2 is 2.12 bits per heavy atom. The monoisotopic (exact) mass is 247 g/mol. The summed E-state index contributed by atoms with van der Waals surface area (Å²) in [4.78, 5) is 0. The third-order valence-corrected chi connectivity index (χ3v) is 4.02. The Morgan fingerprint density at radius 3 is 2.71 bits per heavy atom. The fraction of sp³-hybridized carbons (Fsp3) is 0.667. The third kappa shape index (κ3) is 1.31. The van der Waals surface area contributed by atoms with E-state index < -0.39 is 18.3 Å². The van der Waals surface area contributed by atoms with Crippen LogP contribution in [0.25, 0.3) is 0 Å². The number of hydrogen-bond acceptors (Lipinski definition) is 1. The Bertz CT molecular complexity index is 436. The predicted molar refractivity (Wildman–Crippen MR) is 54.9 cm³/mol. The van der Waals surface area contributed by atoms with Gasteiger partial charge < -0.3 is 5.32 Å². The Balaban J connectivity index is 2.12. The number of nitrogens with one attached hydrogen (secondary N) is 1. The van der Waals surface area contributed by atoms with Crippen molar-refractivity contribution in [3.05, 3.63) is 22.4 Å². The molecule has 3 rings (SSSR count). The fourth-order valence-electron chi connectivity index (χ4n) is 3.08. The van der Waals surface area contributed by atoms with Crippen molar-refractivity contribution in [1.29, 1.82) is 0 Å². The second-order valence-electron chi connectivity index (χ2n) is 4.89. The highest BCUT2D eigenvalue weighted by atomic mass is 19.3. The SMILES string of the molecule is CCC1=C(C(F)F)C2=C(NC1)C(F)(F)C1C[C@H]21. The van der Waals surface area contributed by atoms with E-state index in [0.29, 0.717) is 18.4 Å². The maximum absolute atomic E-state index is 13.8. The summed E-state index contributed by atoms with van der Waals surface area (Å²) in [7, 11) is 0. The summed E-state index contributed by atoms with van der Waals surface area (Å²) in [5.41, 5.74) is 0.456. The Kier molecular flexibility index (Phi) is 2.14. The number of halogens is 4. The maximum atomic E-state index is 13.8. The van der Waals surface area contributed by atoms with Crippen molar-refractivity contribution in [2.75, 3.05) is 6.54 Å². The van der Waals surface area contributed by atoms with Gasteiger partial charge in [0.15, 0.2) is 0 Å². The molecule has 2 atom stereocenters. The Labute approximate surface area is 96.6 Å². The van der Waals surface area contributed by atoms with Crippen LogP contribution in [0.3, 0.4) is 0 Å². The van der Waals surface area contributed by atoms with Crippen molar-refractivity contribution in [2.45, 2.75) is 32.1 Å². The first-order chi connectivity index (χ1) is 7.98. The molecule has 1 N–H and O–H groups in total. The van der Waals surface area contributed by atoms with Gasteiger partial charge in [-0.3, -0.25) is 0 Å². The lowest BCUT2D eigenvalue weighted by Crippen LogP contribution is -2.35. The van der Waals surface area contributed by atoms with Crippen LogP contribution < -0.4 is 5.32 Å². The molecule has 0 aromatic carbocycles. The van der Waals surface area contributed by atoms with Crippen LogP contribution in [-0.4, -0.2) is 18.9 Å². The quantitative estimate of drug-likeness (QED) is 0.739. The van der Waals surface area contributed by atoms with Crippen LogP contribution in [0.15, 0.2) is 22.4 Å². The van der Waals surface area contributed by atoms with Crippen LogP contribution in [0.2, 0.25) is 0 Å². The van der Waals surface area contributed by atoms with Crippen LogP contribution in [-0.2, 0) is 0 Å². The summed E-state index contributed by atoms with van der Waals surface area (Å²) in [6.07, 6.45) is -1.82. The molecule has 0 aromatic rings. The average Bonchev–Trinajstić information content (AvgIpc) is 3.03. The van der Waals surface area contributed by atoms with Crippen LogP contribution in [0.1, 0.15) is 19.8 Å². The minimum Gasteiger partial charge on any atom is -0.379 e. The van der Waals surface area contributed by atoms with Gasteiger partial charge >= 0.3 is 0 Å². The summed E-state index contributed by atoms with van der Waals surface area (Å²) in [5.74, 6) is -4.03. The van der Waals surface area contributed by atoms with E-state index in [-0.39, 0.29) is 29.3 Å². The molecule has 0 amide bonds. The van der Waals surface area contributed by atoms with Crippen LogP contribution in [0.5, 0.6) is 0 Å². The Morgan fingerprint density at radius 1 is 1.41 bits per heavy atom. The first-order valence-corrected chi connectivity index (χ1v) is 5.85. The summed E-state index contributed by atoms with van der Waals surface area (Å²) in [5, 5.41) is 2.66. The molecule has 1 saturated carbocycles. The predicted octanol–water partition coefficient (Wildman–Crippen LogP) is 3.10. The molecule has 0 radical (unpaired) electrons. The van der Waals surface area contributed by atoms with Crippen molar-refractivity contribution >= 4 is 0 Å². The van der Waals surface area contributed by atoms with Gasteiger partial charge in [-0.15, -0.1) is 0 Å². The molecule has 5 heteroatoms. The lowest BCUT2D eigenvalue weighted by atomic mass is 9.92. The van der Waals surface area contributed by atoms with E-state index in [4.69, 9.17) is 0 Å². The van der Waals surface area contributed by atoms with Crippen molar-refractivity contribution in [1.82, 2.24) is 5.32 Å². The molecule has 1 fully saturated rings. The zero-order valence-corrected chi connectivity index (χ0v) is 9.37. The maximum Gasteiger partial charge on any atom is 0.290 e. The van der Waals surface area contributed by atoms with Gasteiger partial charge in [0.2, 0.25) is 0 Å². The van der Waals surface area contributed by atoms with Gasteiger partial charge in [0.1, 0.15) is 0 Å². The average molecular weight is 247 g/mol. The minimum absolute atomic E-state index is 0.106. The number of rotatable bonds is 2. The molecule has 3 aliphatic rings. The summed E-state index contributed by atoms with van der Waals surface area (Å²) >= 11 is 0. The highest BCUT2D eigenvalue weighted by Gasteiger charge is 2.66. The molecule has 2 aliphatic carbocycles. The molecule has 1 unspecified atom stereocenters. The lowest BCUT2D eigenvalue weighted by molar-refractivity contribution is 0.0153. The number of allylic oxidation sites excluding steroid dienone is 3. The van der Waals surface area contributed by atoms with Gasteiger partial charge in [0.25, 0.3) is 12.3 Å². The van der Waals surface area contributed by atoms with Crippen molar-refractivity contribution in [3.63, 3.8) is 0 Å². The molecule has 0 aromatic heterocycles. The zero-order valence-electron chi connectivity index (χ0n) is 9.37. The molecule has 1 nitrogen and oxygen atoms in total. The molecule has 0 bridgehead atoms. The standard InChI is InChI=1S/C12H13F4N/c1-2-5-4-17-10-9(8(5)11(13)14)6-3-7(6)12(10,15)16/h6-7,11,17H,2-4H2,1H3/t6-,7?/m0/s1. The first kappa shape index (κ1) is 11.1. The Hall–Kier alpha value is -1.00. The number of hydrogen-bond donors (Lipinski definition) is 1. The van der Waals surface area contributed by atoms with Gasteiger partial charge in [0, 0.05) is 18.0 Å². The topological polar surface area (TPSA) is 12.0 Å². The smallest absolute Gasteiger partial charge is 0.290 e. The minimum atomic E-state index is -2.93.